The van der Waals surface area contributed by atoms with E-state index in [1.54, 1.807) is 7.05 Å². The van der Waals surface area contributed by atoms with E-state index in [1.807, 2.05) is 0 Å². The highest BCUT2D eigenvalue weighted by Gasteiger charge is 2.20. The van der Waals surface area contributed by atoms with Crippen molar-refractivity contribution in [2.75, 3.05) is 39.8 Å². The summed E-state index contributed by atoms with van der Waals surface area (Å²) >= 11 is 0. The van der Waals surface area contributed by atoms with Crippen molar-refractivity contribution in [2.45, 2.75) is 26.3 Å². The second-order valence-electron chi connectivity index (χ2n) is 4.24. The Labute approximate surface area is 92.6 Å². The molecule has 0 bridgehead atoms. The van der Waals surface area contributed by atoms with E-state index in [0.29, 0.717) is 12.6 Å². The first-order valence-electron chi connectivity index (χ1n) is 5.84. The minimum absolute atomic E-state index is 0.118. The molecule has 0 spiro atoms. The number of piperazine rings is 1. The minimum atomic E-state index is 0.118. The van der Waals surface area contributed by atoms with Crippen molar-refractivity contribution in [3.05, 3.63) is 0 Å². The molecule has 4 nitrogen and oxygen atoms in total. The Bertz CT molecular complexity index is 200. The van der Waals surface area contributed by atoms with Crippen molar-refractivity contribution < 1.29 is 4.79 Å². The predicted octanol–water partition coefficient (Wildman–Crippen LogP) is 0.149. The second kappa shape index (κ2) is 6.08. The lowest BCUT2D eigenvalue weighted by molar-refractivity contribution is -0.122. The lowest BCUT2D eigenvalue weighted by atomic mass is 10.2. The highest BCUT2D eigenvalue weighted by molar-refractivity contribution is 5.77. The summed E-state index contributed by atoms with van der Waals surface area (Å²) in [6.45, 7) is 9.24. The monoisotopic (exact) mass is 213 g/mol. The normalized spacial score (nSPS) is 21.3. The Morgan fingerprint density at radius 3 is 2.40 bits per heavy atom. The third kappa shape index (κ3) is 3.80. The van der Waals surface area contributed by atoms with Crippen LogP contribution in [0.15, 0.2) is 0 Å². The van der Waals surface area contributed by atoms with Gasteiger partial charge >= 0.3 is 0 Å². The molecule has 1 rings (SSSR count). The van der Waals surface area contributed by atoms with E-state index < -0.39 is 0 Å². The van der Waals surface area contributed by atoms with E-state index in [2.05, 4.69) is 29.0 Å². The van der Waals surface area contributed by atoms with E-state index in [0.717, 1.165) is 26.2 Å². The van der Waals surface area contributed by atoms with E-state index in [9.17, 15) is 4.79 Å². The number of amides is 1. The molecular formula is C11H23N3O. The van der Waals surface area contributed by atoms with Gasteiger partial charge in [-0.05, 0) is 13.3 Å². The molecule has 1 aliphatic rings. The van der Waals surface area contributed by atoms with Gasteiger partial charge in [0, 0.05) is 39.3 Å². The van der Waals surface area contributed by atoms with Gasteiger partial charge in [0.25, 0.3) is 0 Å². The molecule has 0 aromatic carbocycles. The van der Waals surface area contributed by atoms with Crippen LogP contribution in [0.5, 0.6) is 0 Å². The van der Waals surface area contributed by atoms with Crippen LogP contribution in [0.3, 0.4) is 0 Å². The number of carbonyl (C=O) groups excluding carboxylic acids is 1. The molecule has 1 amide bonds. The third-order valence-corrected chi connectivity index (χ3v) is 3.27. The standard InChI is InChI=1S/C11H23N3O/c1-4-10(2)14-7-5-13(6-8-14)9-11(15)12-3/h10H,4-9H2,1-3H3,(H,12,15). The number of likely N-dealkylation sites (N-methyl/N-ethyl adjacent to an activating group) is 1. The fourth-order valence-electron chi connectivity index (χ4n) is 1.90. The summed E-state index contributed by atoms with van der Waals surface area (Å²) in [5, 5.41) is 2.66. The first-order chi connectivity index (χ1) is 7.17. The molecule has 1 heterocycles. The highest BCUT2D eigenvalue weighted by Crippen LogP contribution is 2.08. The van der Waals surface area contributed by atoms with Crippen LogP contribution < -0.4 is 5.32 Å². The van der Waals surface area contributed by atoms with Crippen LogP contribution in [-0.4, -0.2) is 61.5 Å². The van der Waals surface area contributed by atoms with Gasteiger partial charge in [-0.25, -0.2) is 0 Å². The second-order valence-corrected chi connectivity index (χ2v) is 4.24. The lowest BCUT2D eigenvalue weighted by Crippen LogP contribution is -2.51. The van der Waals surface area contributed by atoms with E-state index in [4.69, 9.17) is 0 Å². The minimum Gasteiger partial charge on any atom is -0.358 e. The Balaban J connectivity index is 2.26. The molecule has 15 heavy (non-hydrogen) atoms. The van der Waals surface area contributed by atoms with Crippen molar-refractivity contribution in [2.24, 2.45) is 0 Å². The van der Waals surface area contributed by atoms with Gasteiger partial charge in [0.1, 0.15) is 0 Å². The highest BCUT2D eigenvalue weighted by atomic mass is 16.1. The predicted molar refractivity (Wildman–Crippen MR) is 61.8 cm³/mol. The van der Waals surface area contributed by atoms with Crippen LogP contribution in [0, 0.1) is 0 Å². The van der Waals surface area contributed by atoms with Crippen molar-refractivity contribution in [3.63, 3.8) is 0 Å². The van der Waals surface area contributed by atoms with Gasteiger partial charge in [0.15, 0.2) is 0 Å². The zero-order valence-electron chi connectivity index (χ0n) is 10.1. The third-order valence-electron chi connectivity index (χ3n) is 3.27. The average molecular weight is 213 g/mol. The molecule has 88 valence electrons. The molecule has 0 saturated carbocycles. The van der Waals surface area contributed by atoms with Crippen molar-refractivity contribution in [1.82, 2.24) is 15.1 Å². The molecule has 1 N–H and O–H groups in total. The Morgan fingerprint density at radius 1 is 1.33 bits per heavy atom. The fraction of sp³-hybridized carbons (Fsp3) is 0.909. The number of carbonyl (C=O) groups is 1. The summed E-state index contributed by atoms with van der Waals surface area (Å²) < 4.78 is 0. The zero-order chi connectivity index (χ0) is 11.3. The maximum atomic E-state index is 11.2. The quantitative estimate of drug-likeness (QED) is 0.722. The summed E-state index contributed by atoms with van der Waals surface area (Å²) in [7, 11) is 1.69. The summed E-state index contributed by atoms with van der Waals surface area (Å²) in [4.78, 5) is 15.9. The SMILES string of the molecule is CCC(C)N1CCN(CC(=O)NC)CC1. The number of hydrogen-bond donors (Lipinski definition) is 1. The summed E-state index contributed by atoms with van der Waals surface area (Å²) in [5.74, 6) is 0.118. The summed E-state index contributed by atoms with van der Waals surface area (Å²) in [5.41, 5.74) is 0. The van der Waals surface area contributed by atoms with Gasteiger partial charge in [0.2, 0.25) is 5.91 Å². The molecule has 1 atom stereocenters. The summed E-state index contributed by atoms with van der Waals surface area (Å²) in [6.07, 6.45) is 1.20. The lowest BCUT2D eigenvalue weighted by Gasteiger charge is -2.37. The number of rotatable bonds is 4. The molecule has 1 fully saturated rings. The average Bonchev–Trinajstić information content (AvgIpc) is 2.29. The smallest absolute Gasteiger partial charge is 0.233 e. The molecule has 1 aliphatic heterocycles. The van der Waals surface area contributed by atoms with Gasteiger partial charge in [-0.2, -0.15) is 0 Å². The largest absolute Gasteiger partial charge is 0.358 e. The summed E-state index contributed by atoms with van der Waals surface area (Å²) in [6, 6.07) is 0.673. The molecule has 0 aromatic rings. The van der Waals surface area contributed by atoms with Crippen LogP contribution in [0.4, 0.5) is 0 Å². The molecule has 1 unspecified atom stereocenters. The van der Waals surface area contributed by atoms with Crippen LogP contribution >= 0.6 is 0 Å². The molecular weight excluding hydrogens is 190 g/mol. The van der Waals surface area contributed by atoms with Gasteiger partial charge in [-0.15, -0.1) is 0 Å². The number of hydrogen-bond acceptors (Lipinski definition) is 3. The first-order valence-corrected chi connectivity index (χ1v) is 5.84. The number of nitrogens with one attached hydrogen (secondary N) is 1. The Morgan fingerprint density at radius 2 is 1.93 bits per heavy atom. The van der Waals surface area contributed by atoms with Gasteiger partial charge < -0.3 is 5.32 Å². The fourth-order valence-corrected chi connectivity index (χ4v) is 1.90. The molecule has 0 aliphatic carbocycles. The molecule has 0 aromatic heterocycles. The van der Waals surface area contributed by atoms with E-state index in [-0.39, 0.29) is 5.91 Å². The maximum absolute atomic E-state index is 11.2. The van der Waals surface area contributed by atoms with Crippen molar-refractivity contribution in [3.8, 4) is 0 Å². The first kappa shape index (κ1) is 12.5. The zero-order valence-corrected chi connectivity index (χ0v) is 10.1. The maximum Gasteiger partial charge on any atom is 0.233 e. The molecule has 0 radical (unpaired) electrons. The molecule has 1 saturated heterocycles. The van der Waals surface area contributed by atoms with Crippen molar-refractivity contribution >= 4 is 5.91 Å². The van der Waals surface area contributed by atoms with Crippen LogP contribution in [0.1, 0.15) is 20.3 Å². The van der Waals surface area contributed by atoms with E-state index >= 15 is 0 Å². The van der Waals surface area contributed by atoms with Crippen LogP contribution in [0.25, 0.3) is 0 Å². The molecule has 4 heteroatoms. The van der Waals surface area contributed by atoms with E-state index in [1.165, 1.54) is 6.42 Å². The Kier molecular flexibility index (Phi) is 5.05. The van der Waals surface area contributed by atoms with Crippen LogP contribution in [-0.2, 0) is 4.79 Å². The van der Waals surface area contributed by atoms with Crippen LogP contribution in [0.2, 0.25) is 0 Å². The van der Waals surface area contributed by atoms with Crippen molar-refractivity contribution in [1.29, 1.82) is 0 Å². The van der Waals surface area contributed by atoms with Gasteiger partial charge in [-0.3, -0.25) is 14.6 Å². The van der Waals surface area contributed by atoms with Gasteiger partial charge in [0.05, 0.1) is 6.54 Å². The van der Waals surface area contributed by atoms with Gasteiger partial charge in [-0.1, -0.05) is 6.92 Å². The Hall–Kier alpha value is -0.610. The topological polar surface area (TPSA) is 35.6 Å². The number of nitrogens with zero attached hydrogens (tertiary/aromatic N) is 2.